The second-order valence-corrected chi connectivity index (χ2v) is 5.23. The molecule has 2 atom stereocenters. The molecule has 0 aliphatic carbocycles. The smallest absolute Gasteiger partial charge is 0.328 e. The van der Waals surface area contributed by atoms with E-state index in [4.69, 9.17) is 10.5 Å². The number of methoxy groups -OCH3 is 1. The molecule has 1 rings (SSSR count). The highest BCUT2D eigenvalue weighted by Crippen LogP contribution is 2.20. The van der Waals surface area contributed by atoms with Crippen molar-refractivity contribution in [1.82, 2.24) is 4.90 Å². The van der Waals surface area contributed by atoms with Crippen molar-refractivity contribution in [3.63, 3.8) is 0 Å². The van der Waals surface area contributed by atoms with Gasteiger partial charge in [-0.1, -0.05) is 13.8 Å². The molecule has 0 aromatic rings. The number of esters is 1. The summed E-state index contributed by atoms with van der Waals surface area (Å²) in [7, 11) is 1.36. The predicted molar refractivity (Wildman–Crippen MR) is 68.8 cm³/mol. The van der Waals surface area contributed by atoms with Crippen LogP contribution in [0.25, 0.3) is 0 Å². The minimum Gasteiger partial charge on any atom is -0.467 e. The van der Waals surface area contributed by atoms with E-state index in [2.05, 4.69) is 0 Å². The average Bonchev–Trinajstić information content (AvgIpc) is 2.37. The third-order valence-electron chi connectivity index (χ3n) is 3.56. The topological polar surface area (TPSA) is 72.6 Å². The van der Waals surface area contributed by atoms with Crippen LogP contribution in [0.4, 0.5) is 0 Å². The Hall–Kier alpha value is -1.10. The number of hydrogen-bond donors (Lipinski definition) is 1. The van der Waals surface area contributed by atoms with Crippen LogP contribution in [0.1, 0.15) is 39.5 Å². The van der Waals surface area contributed by atoms with Crippen LogP contribution in [0.15, 0.2) is 0 Å². The van der Waals surface area contributed by atoms with E-state index in [1.54, 1.807) is 4.90 Å². The SMILES string of the molecule is COC(=O)C1CCCCN1C(=O)CC(N)C(C)C. The van der Waals surface area contributed by atoms with Crippen LogP contribution in [0.5, 0.6) is 0 Å². The van der Waals surface area contributed by atoms with E-state index in [0.29, 0.717) is 19.4 Å². The van der Waals surface area contributed by atoms with Gasteiger partial charge in [-0.05, 0) is 25.2 Å². The van der Waals surface area contributed by atoms with E-state index in [9.17, 15) is 9.59 Å². The zero-order chi connectivity index (χ0) is 13.7. The summed E-state index contributed by atoms with van der Waals surface area (Å²) in [5, 5.41) is 0. The van der Waals surface area contributed by atoms with Crippen molar-refractivity contribution in [3.8, 4) is 0 Å². The molecule has 0 radical (unpaired) electrons. The number of carbonyl (C=O) groups is 2. The molecular formula is C13H24N2O3. The third kappa shape index (κ3) is 3.70. The molecule has 1 saturated heterocycles. The summed E-state index contributed by atoms with van der Waals surface area (Å²) in [6.07, 6.45) is 2.89. The molecule has 1 aliphatic rings. The standard InChI is InChI=1S/C13H24N2O3/c1-9(2)10(14)8-12(16)15-7-5-4-6-11(15)13(17)18-3/h9-11H,4-8,14H2,1-3H3. The number of nitrogens with zero attached hydrogens (tertiary/aromatic N) is 1. The Balaban J connectivity index is 2.65. The Bertz CT molecular complexity index is 305. The first-order chi connectivity index (χ1) is 8.47. The van der Waals surface area contributed by atoms with Crippen LogP contribution in [0, 0.1) is 5.92 Å². The Morgan fingerprint density at radius 1 is 1.39 bits per heavy atom. The molecule has 0 aromatic carbocycles. The summed E-state index contributed by atoms with van der Waals surface area (Å²) >= 11 is 0. The summed E-state index contributed by atoms with van der Waals surface area (Å²) in [6, 6.07) is -0.576. The lowest BCUT2D eigenvalue weighted by molar-refractivity contribution is -0.154. The summed E-state index contributed by atoms with van der Waals surface area (Å²) in [4.78, 5) is 25.5. The van der Waals surface area contributed by atoms with E-state index in [-0.39, 0.29) is 23.8 Å². The van der Waals surface area contributed by atoms with Crippen molar-refractivity contribution < 1.29 is 14.3 Å². The molecular weight excluding hydrogens is 232 g/mol. The Kier molecular flexibility index (Phi) is 5.59. The van der Waals surface area contributed by atoms with E-state index < -0.39 is 6.04 Å². The van der Waals surface area contributed by atoms with Crippen LogP contribution in [0.2, 0.25) is 0 Å². The Morgan fingerprint density at radius 2 is 2.06 bits per heavy atom. The highest BCUT2D eigenvalue weighted by Gasteiger charge is 2.33. The van der Waals surface area contributed by atoms with Crippen LogP contribution >= 0.6 is 0 Å². The van der Waals surface area contributed by atoms with Gasteiger partial charge in [0.15, 0.2) is 0 Å². The Morgan fingerprint density at radius 3 is 2.61 bits per heavy atom. The number of ether oxygens (including phenoxy) is 1. The van der Waals surface area contributed by atoms with Gasteiger partial charge in [-0.2, -0.15) is 0 Å². The molecule has 0 aromatic heterocycles. The van der Waals surface area contributed by atoms with E-state index in [1.165, 1.54) is 7.11 Å². The number of rotatable bonds is 4. The lowest BCUT2D eigenvalue weighted by Crippen LogP contribution is -2.50. The quantitative estimate of drug-likeness (QED) is 0.759. The van der Waals surface area contributed by atoms with Crippen LogP contribution < -0.4 is 5.73 Å². The van der Waals surface area contributed by atoms with E-state index in [1.807, 2.05) is 13.8 Å². The highest BCUT2D eigenvalue weighted by atomic mass is 16.5. The molecule has 5 heteroatoms. The first-order valence-electron chi connectivity index (χ1n) is 6.60. The minimum absolute atomic E-state index is 0.0358. The van der Waals surface area contributed by atoms with Crippen molar-refractivity contribution in [3.05, 3.63) is 0 Å². The molecule has 0 saturated carbocycles. The molecule has 1 amide bonds. The average molecular weight is 256 g/mol. The number of piperidine rings is 1. The predicted octanol–water partition coefficient (Wildman–Crippen LogP) is 0.914. The van der Waals surface area contributed by atoms with Crippen molar-refractivity contribution >= 4 is 11.9 Å². The molecule has 0 spiro atoms. The van der Waals surface area contributed by atoms with Gasteiger partial charge in [-0.15, -0.1) is 0 Å². The van der Waals surface area contributed by atoms with Gasteiger partial charge in [0.05, 0.1) is 7.11 Å². The van der Waals surface area contributed by atoms with Crippen LogP contribution in [-0.4, -0.2) is 42.5 Å². The van der Waals surface area contributed by atoms with Gasteiger partial charge < -0.3 is 15.4 Å². The number of hydrogen-bond acceptors (Lipinski definition) is 4. The molecule has 2 N–H and O–H groups in total. The van der Waals surface area contributed by atoms with Crippen LogP contribution in [0.3, 0.4) is 0 Å². The third-order valence-corrected chi connectivity index (χ3v) is 3.56. The fourth-order valence-electron chi connectivity index (χ4n) is 2.17. The zero-order valence-corrected chi connectivity index (χ0v) is 11.5. The molecule has 2 unspecified atom stereocenters. The monoisotopic (exact) mass is 256 g/mol. The molecule has 1 aliphatic heterocycles. The van der Waals surface area contributed by atoms with Crippen molar-refractivity contribution in [2.24, 2.45) is 11.7 Å². The molecule has 0 bridgehead atoms. The number of carbonyl (C=O) groups excluding carboxylic acids is 2. The molecule has 1 heterocycles. The number of nitrogens with two attached hydrogens (primary N) is 1. The van der Waals surface area contributed by atoms with Gasteiger partial charge in [0, 0.05) is 19.0 Å². The van der Waals surface area contributed by atoms with Gasteiger partial charge in [0.1, 0.15) is 6.04 Å². The first-order valence-corrected chi connectivity index (χ1v) is 6.60. The molecule has 1 fully saturated rings. The molecule has 104 valence electrons. The summed E-state index contributed by atoms with van der Waals surface area (Å²) in [5.74, 6) is -0.0946. The minimum atomic E-state index is -0.421. The van der Waals surface area contributed by atoms with Gasteiger partial charge in [-0.25, -0.2) is 4.79 Å². The normalized spacial score (nSPS) is 21.8. The summed E-state index contributed by atoms with van der Waals surface area (Å²) < 4.78 is 4.76. The first kappa shape index (κ1) is 15.0. The van der Waals surface area contributed by atoms with Gasteiger partial charge in [0.2, 0.25) is 5.91 Å². The summed E-state index contributed by atoms with van der Waals surface area (Å²) in [5.41, 5.74) is 5.91. The summed E-state index contributed by atoms with van der Waals surface area (Å²) in [6.45, 7) is 4.61. The van der Waals surface area contributed by atoms with E-state index in [0.717, 1.165) is 12.8 Å². The van der Waals surface area contributed by atoms with Crippen molar-refractivity contribution in [2.75, 3.05) is 13.7 Å². The Labute approximate surface area is 109 Å². The fraction of sp³-hybridized carbons (Fsp3) is 0.846. The zero-order valence-electron chi connectivity index (χ0n) is 11.5. The number of amides is 1. The second kappa shape index (κ2) is 6.73. The van der Waals surface area contributed by atoms with Crippen LogP contribution in [-0.2, 0) is 14.3 Å². The lowest BCUT2D eigenvalue weighted by atomic mass is 9.98. The van der Waals surface area contributed by atoms with Gasteiger partial charge in [-0.3, -0.25) is 4.79 Å². The van der Waals surface area contributed by atoms with Crippen molar-refractivity contribution in [2.45, 2.75) is 51.6 Å². The highest BCUT2D eigenvalue weighted by molar-refractivity contribution is 5.85. The maximum atomic E-state index is 12.2. The van der Waals surface area contributed by atoms with E-state index >= 15 is 0 Å². The molecule has 18 heavy (non-hydrogen) atoms. The maximum absolute atomic E-state index is 12.2. The lowest BCUT2D eigenvalue weighted by Gasteiger charge is -2.34. The number of likely N-dealkylation sites (tertiary alicyclic amines) is 1. The largest absolute Gasteiger partial charge is 0.467 e. The van der Waals surface area contributed by atoms with Gasteiger partial charge in [0.25, 0.3) is 0 Å². The maximum Gasteiger partial charge on any atom is 0.328 e. The second-order valence-electron chi connectivity index (χ2n) is 5.23. The molecule has 5 nitrogen and oxygen atoms in total. The fourth-order valence-corrected chi connectivity index (χ4v) is 2.17. The van der Waals surface area contributed by atoms with Gasteiger partial charge >= 0.3 is 5.97 Å². The van der Waals surface area contributed by atoms with Crippen molar-refractivity contribution in [1.29, 1.82) is 0 Å².